The fraction of sp³-hybridized carbons (Fsp3) is 0.0500. The zero-order chi connectivity index (χ0) is 17.4. The van der Waals surface area contributed by atoms with E-state index in [0.29, 0.717) is 5.69 Å². The van der Waals surface area contributed by atoms with E-state index >= 15 is 0 Å². The molecule has 1 N–H and O–H groups in total. The van der Waals surface area contributed by atoms with Crippen molar-refractivity contribution < 1.29 is 8.78 Å². The molecule has 0 bridgehead atoms. The number of fused-ring (bicyclic) bond motifs is 1. The molecule has 0 amide bonds. The largest absolute Gasteiger partial charge is 0.388 e. The fourth-order valence-corrected chi connectivity index (χ4v) is 2.86. The average molecular weight is 335 g/mol. The minimum atomic E-state index is -0.620. The maximum absolute atomic E-state index is 14.0. The van der Waals surface area contributed by atoms with Crippen LogP contribution in [0.5, 0.6) is 0 Å². The SMILES string of the molecule is CNc1cccc(-c2ccn3nc(-c4ccc(F)cc4F)cc3c2)c1. The first kappa shape index (κ1) is 15.3. The Labute approximate surface area is 143 Å². The van der Waals surface area contributed by atoms with Crippen molar-refractivity contribution in [3.8, 4) is 22.4 Å². The van der Waals surface area contributed by atoms with Crippen LogP contribution in [0.2, 0.25) is 0 Å². The fourth-order valence-electron chi connectivity index (χ4n) is 2.86. The molecular formula is C20H15F2N3. The molecule has 0 radical (unpaired) electrons. The number of pyridine rings is 1. The molecule has 2 heterocycles. The van der Waals surface area contributed by atoms with Crippen molar-refractivity contribution in [2.45, 2.75) is 0 Å². The topological polar surface area (TPSA) is 29.3 Å². The van der Waals surface area contributed by atoms with Gasteiger partial charge in [0.15, 0.2) is 0 Å². The van der Waals surface area contributed by atoms with Gasteiger partial charge in [-0.15, -0.1) is 0 Å². The Bertz CT molecular complexity index is 1070. The summed E-state index contributed by atoms with van der Waals surface area (Å²) in [5.74, 6) is -1.22. The van der Waals surface area contributed by atoms with Gasteiger partial charge in [-0.3, -0.25) is 0 Å². The third-order valence-electron chi connectivity index (χ3n) is 4.15. The number of halogens is 2. The summed E-state index contributed by atoms with van der Waals surface area (Å²) in [6.45, 7) is 0. The lowest BCUT2D eigenvalue weighted by Crippen LogP contribution is -1.90. The molecule has 0 aliphatic heterocycles. The highest BCUT2D eigenvalue weighted by Crippen LogP contribution is 2.27. The first-order chi connectivity index (χ1) is 12.1. The van der Waals surface area contributed by atoms with E-state index in [0.717, 1.165) is 28.4 Å². The molecule has 0 unspecified atom stereocenters. The second-order valence-electron chi connectivity index (χ2n) is 5.77. The summed E-state index contributed by atoms with van der Waals surface area (Å²) >= 11 is 0. The van der Waals surface area contributed by atoms with Crippen LogP contribution in [0, 0.1) is 11.6 Å². The molecule has 0 fully saturated rings. The summed E-state index contributed by atoms with van der Waals surface area (Å²) in [5, 5.41) is 7.50. The lowest BCUT2D eigenvalue weighted by atomic mass is 10.1. The van der Waals surface area contributed by atoms with Gasteiger partial charge in [-0.2, -0.15) is 5.10 Å². The Kier molecular flexibility index (Phi) is 3.69. The van der Waals surface area contributed by atoms with Gasteiger partial charge < -0.3 is 5.32 Å². The van der Waals surface area contributed by atoms with Crippen molar-refractivity contribution in [3.05, 3.63) is 78.5 Å². The second kappa shape index (κ2) is 6.02. The normalized spacial score (nSPS) is 11.0. The molecule has 2 aromatic carbocycles. The first-order valence-corrected chi connectivity index (χ1v) is 7.87. The van der Waals surface area contributed by atoms with Gasteiger partial charge in [-0.1, -0.05) is 12.1 Å². The molecule has 0 saturated heterocycles. The zero-order valence-corrected chi connectivity index (χ0v) is 13.5. The molecule has 0 saturated carbocycles. The van der Waals surface area contributed by atoms with Crippen molar-refractivity contribution >= 4 is 11.2 Å². The van der Waals surface area contributed by atoms with Crippen molar-refractivity contribution in [1.82, 2.24) is 9.61 Å². The van der Waals surface area contributed by atoms with Gasteiger partial charge in [0, 0.05) is 30.6 Å². The average Bonchev–Trinajstić information content (AvgIpc) is 3.04. The van der Waals surface area contributed by atoms with E-state index in [1.54, 1.807) is 10.6 Å². The number of nitrogens with one attached hydrogen (secondary N) is 1. The molecule has 3 nitrogen and oxygen atoms in total. The van der Waals surface area contributed by atoms with Crippen LogP contribution >= 0.6 is 0 Å². The van der Waals surface area contributed by atoms with Gasteiger partial charge in [0.2, 0.25) is 0 Å². The van der Waals surface area contributed by atoms with E-state index < -0.39 is 11.6 Å². The van der Waals surface area contributed by atoms with Crippen LogP contribution in [-0.4, -0.2) is 16.7 Å². The van der Waals surface area contributed by atoms with Gasteiger partial charge in [-0.25, -0.2) is 13.3 Å². The summed E-state index contributed by atoms with van der Waals surface area (Å²) < 4.78 is 28.8. The molecule has 124 valence electrons. The molecule has 0 aliphatic rings. The standard InChI is InChI=1S/C20H15F2N3/c1-23-16-4-2-3-13(9-16)14-7-8-25-17(10-14)12-20(24-25)18-6-5-15(21)11-19(18)22/h2-12,23H,1H3. The molecule has 0 spiro atoms. The van der Waals surface area contributed by atoms with Gasteiger partial charge >= 0.3 is 0 Å². The Morgan fingerprint density at radius 2 is 1.76 bits per heavy atom. The first-order valence-electron chi connectivity index (χ1n) is 7.87. The van der Waals surface area contributed by atoms with E-state index in [-0.39, 0.29) is 5.56 Å². The molecule has 0 aliphatic carbocycles. The van der Waals surface area contributed by atoms with Crippen molar-refractivity contribution in [1.29, 1.82) is 0 Å². The third-order valence-corrected chi connectivity index (χ3v) is 4.15. The summed E-state index contributed by atoms with van der Waals surface area (Å²) in [7, 11) is 1.88. The van der Waals surface area contributed by atoms with Gasteiger partial charge in [0.25, 0.3) is 0 Å². The predicted octanol–water partition coefficient (Wildman–Crippen LogP) is 4.99. The van der Waals surface area contributed by atoms with E-state index in [4.69, 9.17) is 0 Å². The summed E-state index contributed by atoms with van der Waals surface area (Å²) in [4.78, 5) is 0. The lowest BCUT2D eigenvalue weighted by molar-refractivity contribution is 0.585. The molecule has 25 heavy (non-hydrogen) atoms. The second-order valence-corrected chi connectivity index (χ2v) is 5.77. The molecular weight excluding hydrogens is 320 g/mol. The number of hydrogen-bond donors (Lipinski definition) is 1. The molecule has 4 rings (SSSR count). The molecule has 5 heteroatoms. The highest BCUT2D eigenvalue weighted by atomic mass is 19.1. The molecule has 4 aromatic rings. The zero-order valence-electron chi connectivity index (χ0n) is 13.5. The van der Waals surface area contributed by atoms with E-state index in [2.05, 4.69) is 16.5 Å². The van der Waals surface area contributed by atoms with Crippen LogP contribution in [0.1, 0.15) is 0 Å². The molecule has 2 aromatic heterocycles. The van der Waals surface area contributed by atoms with E-state index in [1.807, 2.05) is 43.6 Å². The minimum Gasteiger partial charge on any atom is -0.388 e. The Hall–Kier alpha value is -3.21. The Morgan fingerprint density at radius 1 is 0.920 bits per heavy atom. The number of aromatic nitrogens is 2. The van der Waals surface area contributed by atoms with Crippen LogP contribution in [0.15, 0.2) is 66.9 Å². The number of benzene rings is 2. The lowest BCUT2D eigenvalue weighted by Gasteiger charge is -2.05. The molecule has 0 atom stereocenters. The summed E-state index contributed by atoms with van der Waals surface area (Å²) in [6, 6.07) is 17.3. The van der Waals surface area contributed by atoms with Crippen molar-refractivity contribution in [2.75, 3.05) is 12.4 Å². The minimum absolute atomic E-state index is 0.281. The van der Waals surface area contributed by atoms with Crippen LogP contribution in [0.25, 0.3) is 27.9 Å². The number of rotatable bonds is 3. The number of anilines is 1. The summed E-state index contributed by atoms with van der Waals surface area (Å²) in [6.07, 6.45) is 1.83. The van der Waals surface area contributed by atoms with Gasteiger partial charge in [-0.05, 0) is 53.6 Å². The van der Waals surface area contributed by atoms with Crippen molar-refractivity contribution in [3.63, 3.8) is 0 Å². The predicted molar refractivity (Wildman–Crippen MR) is 95.5 cm³/mol. The van der Waals surface area contributed by atoms with Gasteiger partial charge in [0.05, 0.1) is 11.2 Å². The smallest absolute Gasteiger partial charge is 0.135 e. The number of nitrogens with zero attached hydrogens (tertiary/aromatic N) is 2. The third kappa shape index (κ3) is 2.85. The number of hydrogen-bond acceptors (Lipinski definition) is 2. The quantitative estimate of drug-likeness (QED) is 0.572. The Balaban J connectivity index is 1.79. The van der Waals surface area contributed by atoms with E-state index in [1.165, 1.54) is 12.1 Å². The Morgan fingerprint density at radius 3 is 2.56 bits per heavy atom. The van der Waals surface area contributed by atoms with Gasteiger partial charge in [0.1, 0.15) is 11.6 Å². The van der Waals surface area contributed by atoms with Crippen LogP contribution in [0.3, 0.4) is 0 Å². The maximum Gasteiger partial charge on any atom is 0.135 e. The van der Waals surface area contributed by atoms with Crippen LogP contribution in [-0.2, 0) is 0 Å². The van der Waals surface area contributed by atoms with Crippen LogP contribution < -0.4 is 5.32 Å². The van der Waals surface area contributed by atoms with Crippen molar-refractivity contribution in [2.24, 2.45) is 0 Å². The van der Waals surface area contributed by atoms with E-state index in [9.17, 15) is 8.78 Å². The highest BCUT2D eigenvalue weighted by Gasteiger charge is 2.11. The highest BCUT2D eigenvalue weighted by molar-refractivity contribution is 5.74. The van der Waals surface area contributed by atoms with Crippen LogP contribution in [0.4, 0.5) is 14.5 Å². The maximum atomic E-state index is 14.0. The monoisotopic (exact) mass is 335 g/mol. The summed E-state index contributed by atoms with van der Waals surface area (Å²) in [5.41, 5.74) is 4.73.